The van der Waals surface area contributed by atoms with Gasteiger partial charge in [-0.1, -0.05) is 19.8 Å². The van der Waals surface area contributed by atoms with E-state index in [-0.39, 0.29) is 24.5 Å². The number of amides is 2. The lowest BCUT2D eigenvalue weighted by molar-refractivity contribution is -0.117. The summed E-state index contributed by atoms with van der Waals surface area (Å²) in [6, 6.07) is 6.62. The van der Waals surface area contributed by atoms with Crippen molar-refractivity contribution in [1.29, 1.82) is 0 Å². The lowest BCUT2D eigenvalue weighted by Gasteiger charge is -2.14. The van der Waals surface area contributed by atoms with E-state index in [0.29, 0.717) is 30.0 Å². The third-order valence-electron chi connectivity index (χ3n) is 4.43. The van der Waals surface area contributed by atoms with E-state index in [1.165, 1.54) is 12.8 Å². The summed E-state index contributed by atoms with van der Waals surface area (Å²) in [5.74, 6) is 0.347. The predicted molar refractivity (Wildman–Crippen MR) is 90.3 cm³/mol. The Balaban J connectivity index is 1.85. The van der Waals surface area contributed by atoms with Crippen LogP contribution in [0.15, 0.2) is 24.3 Å². The van der Waals surface area contributed by atoms with Crippen molar-refractivity contribution in [3.05, 3.63) is 29.8 Å². The summed E-state index contributed by atoms with van der Waals surface area (Å²) in [4.78, 5) is 24.0. The highest BCUT2D eigenvalue weighted by molar-refractivity contribution is 5.96. The molecular weight excluding hydrogens is 292 g/mol. The van der Waals surface area contributed by atoms with E-state index in [0.717, 1.165) is 12.8 Å². The van der Waals surface area contributed by atoms with E-state index in [9.17, 15) is 9.59 Å². The van der Waals surface area contributed by atoms with Crippen LogP contribution in [0.2, 0.25) is 0 Å². The van der Waals surface area contributed by atoms with E-state index >= 15 is 0 Å². The maximum atomic E-state index is 12.0. The second-order valence-electron chi connectivity index (χ2n) is 6.24. The number of aliphatic hydroxyl groups excluding tert-OH is 1. The Labute approximate surface area is 137 Å². The van der Waals surface area contributed by atoms with Crippen LogP contribution in [0, 0.1) is 5.92 Å². The van der Waals surface area contributed by atoms with Gasteiger partial charge in [-0.15, -0.1) is 0 Å². The van der Waals surface area contributed by atoms with E-state index in [2.05, 4.69) is 10.6 Å². The molecule has 0 aromatic heterocycles. The molecule has 1 fully saturated rings. The van der Waals surface area contributed by atoms with Crippen molar-refractivity contribution in [3.63, 3.8) is 0 Å². The summed E-state index contributed by atoms with van der Waals surface area (Å²) in [5, 5.41) is 14.8. The minimum absolute atomic E-state index is 0.0421. The third kappa shape index (κ3) is 5.36. The largest absolute Gasteiger partial charge is 0.394 e. The normalized spacial score (nSPS) is 16.1. The fourth-order valence-electron chi connectivity index (χ4n) is 2.94. The van der Waals surface area contributed by atoms with Gasteiger partial charge in [0.1, 0.15) is 0 Å². The van der Waals surface area contributed by atoms with Crippen molar-refractivity contribution in [3.8, 4) is 0 Å². The highest BCUT2D eigenvalue weighted by Gasteiger charge is 2.18. The lowest BCUT2D eigenvalue weighted by Crippen LogP contribution is -2.36. The van der Waals surface area contributed by atoms with Crippen molar-refractivity contribution < 1.29 is 14.7 Å². The fourth-order valence-corrected chi connectivity index (χ4v) is 2.94. The minimum Gasteiger partial charge on any atom is -0.394 e. The first-order valence-corrected chi connectivity index (χ1v) is 8.44. The number of nitrogens with one attached hydrogen (secondary N) is 2. The molecule has 3 N–H and O–H groups in total. The molecule has 5 nitrogen and oxygen atoms in total. The highest BCUT2D eigenvalue weighted by atomic mass is 16.3. The van der Waals surface area contributed by atoms with Crippen LogP contribution in [0.3, 0.4) is 0 Å². The van der Waals surface area contributed by atoms with Gasteiger partial charge < -0.3 is 15.7 Å². The number of benzene rings is 1. The average Bonchev–Trinajstić information content (AvgIpc) is 3.05. The van der Waals surface area contributed by atoms with Gasteiger partial charge in [0.2, 0.25) is 5.91 Å². The molecule has 1 unspecified atom stereocenters. The third-order valence-corrected chi connectivity index (χ3v) is 4.43. The summed E-state index contributed by atoms with van der Waals surface area (Å²) in [7, 11) is 0. The molecule has 23 heavy (non-hydrogen) atoms. The molecule has 5 heteroatoms. The van der Waals surface area contributed by atoms with Crippen molar-refractivity contribution >= 4 is 17.5 Å². The van der Waals surface area contributed by atoms with Crippen LogP contribution in [0.4, 0.5) is 5.69 Å². The van der Waals surface area contributed by atoms with Crippen LogP contribution in [0.25, 0.3) is 0 Å². The summed E-state index contributed by atoms with van der Waals surface area (Å²) in [5.41, 5.74) is 1.23. The van der Waals surface area contributed by atoms with Crippen molar-refractivity contribution in [2.75, 3.05) is 11.9 Å². The Kier molecular flexibility index (Phi) is 6.59. The Morgan fingerprint density at radius 1 is 1.22 bits per heavy atom. The molecule has 0 aliphatic heterocycles. The predicted octanol–water partition coefficient (Wildman–Crippen LogP) is 2.71. The van der Waals surface area contributed by atoms with Gasteiger partial charge in [0.15, 0.2) is 0 Å². The first-order chi connectivity index (χ1) is 11.1. The van der Waals surface area contributed by atoms with Crippen LogP contribution in [0.5, 0.6) is 0 Å². The van der Waals surface area contributed by atoms with Gasteiger partial charge in [-0.25, -0.2) is 0 Å². The van der Waals surface area contributed by atoms with Gasteiger partial charge in [-0.05, 0) is 49.4 Å². The highest BCUT2D eigenvalue weighted by Crippen LogP contribution is 2.27. The van der Waals surface area contributed by atoms with Crippen LogP contribution in [-0.2, 0) is 4.79 Å². The fraction of sp³-hybridized carbons (Fsp3) is 0.556. The monoisotopic (exact) mass is 318 g/mol. The van der Waals surface area contributed by atoms with E-state index in [1.807, 2.05) is 6.92 Å². The van der Waals surface area contributed by atoms with Crippen molar-refractivity contribution in [1.82, 2.24) is 5.32 Å². The van der Waals surface area contributed by atoms with E-state index < -0.39 is 0 Å². The summed E-state index contributed by atoms with van der Waals surface area (Å²) in [6.07, 6.45) is 6.02. The second kappa shape index (κ2) is 8.67. The Bertz CT molecular complexity index is 518. The molecule has 1 aliphatic carbocycles. The van der Waals surface area contributed by atoms with E-state index in [4.69, 9.17) is 5.11 Å². The molecule has 2 rings (SSSR count). The van der Waals surface area contributed by atoms with Gasteiger partial charge in [0.25, 0.3) is 5.91 Å². The maximum Gasteiger partial charge on any atom is 0.251 e. The summed E-state index contributed by atoms with van der Waals surface area (Å²) < 4.78 is 0. The number of hydrogen-bond donors (Lipinski definition) is 3. The number of aliphatic hydroxyl groups is 1. The number of anilines is 1. The molecule has 1 aliphatic rings. The smallest absolute Gasteiger partial charge is 0.251 e. The molecule has 0 spiro atoms. The van der Waals surface area contributed by atoms with Crippen LogP contribution >= 0.6 is 0 Å². The van der Waals surface area contributed by atoms with Crippen LogP contribution < -0.4 is 10.6 Å². The Hall–Kier alpha value is -1.88. The Morgan fingerprint density at radius 3 is 2.43 bits per heavy atom. The van der Waals surface area contributed by atoms with Crippen LogP contribution in [0.1, 0.15) is 55.8 Å². The van der Waals surface area contributed by atoms with E-state index in [1.54, 1.807) is 24.3 Å². The topological polar surface area (TPSA) is 78.4 Å². The quantitative estimate of drug-likeness (QED) is 0.723. The summed E-state index contributed by atoms with van der Waals surface area (Å²) in [6.45, 7) is 1.84. The molecule has 0 saturated heterocycles. The van der Waals surface area contributed by atoms with Crippen molar-refractivity contribution in [2.45, 2.75) is 51.5 Å². The van der Waals surface area contributed by atoms with Gasteiger partial charge in [0.05, 0.1) is 12.6 Å². The standard InChI is InChI=1S/C18H26N2O3/c1-2-15(12-21)20-18(23)14-7-9-16(10-8-14)19-17(22)11-13-5-3-4-6-13/h7-10,13,15,21H,2-6,11-12H2,1H3,(H,19,22)(H,20,23). The van der Waals surface area contributed by atoms with Gasteiger partial charge in [-0.2, -0.15) is 0 Å². The minimum atomic E-state index is -0.228. The lowest BCUT2D eigenvalue weighted by atomic mass is 10.0. The molecule has 1 atom stereocenters. The average molecular weight is 318 g/mol. The number of hydrogen-bond acceptors (Lipinski definition) is 3. The zero-order valence-corrected chi connectivity index (χ0v) is 13.7. The zero-order valence-electron chi connectivity index (χ0n) is 13.7. The Morgan fingerprint density at radius 2 is 1.87 bits per heavy atom. The molecule has 0 radical (unpaired) electrons. The van der Waals surface area contributed by atoms with Gasteiger partial charge in [-0.3, -0.25) is 9.59 Å². The zero-order chi connectivity index (χ0) is 16.7. The SMILES string of the molecule is CCC(CO)NC(=O)c1ccc(NC(=O)CC2CCCC2)cc1. The molecule has 0 bridgehead atoms. The first-order valence-electron chi connectivity index (χ1n) is 8.44. The molecule has 0 heterocycles. The molecule has 2 amide bonds. The summed E-state index contributed by atoms with van der Waals surface area (Å²) >= 11 is 0. The number of rotatable bonds is 7. The first kappa shape index (κ1) is 17.5. The van der Waals surface area contributed by atoms with Gasteiger partial charge >= 0.3 is 0 Å². The molecule has 1 aromatic rings. The van der Waals surface area contributed by atoms with Gasteiger partial charge in [0, 0.05) is 17.7 Å². The molecule has 126 valence electrons. The van der Waals surface area contributed by atoms with Crippen molar-refractivity contribution in [2.24, 2.45) is 5.92 Å². The molecule has 1 saturated carbocycles. The second-order valence-corrected chi connectivity index (χ2v) is 6.24. The molecular formula is C18H26N2O3. The number of carbonyl (C=O) groups is 2. The molecule has 1 aromatic carbocycles. The van der Waals surface area contributed by atoms with Crippen LogP contribution in [-0.4, -0.2) is 29.6 Å². The maximum absolute atomic E-state index is 12.0. The number of carbonyl (C=O) groups excluding carboxylic acids is 2.